The average molecular weight is 205 g/mol. The van der Waals surface area contributed by atoms with Gasteiger partial charge in [-0.25, -0.2) is 5.48 Å². The highest BCUT2D eigenvalue weighted by Crippen LogP contribution is 1.99. The Labute approximate surface area is 89.3 Å². The molecule has 0 aliphatic carbocycles. The highest BCUT2D eigenvalue weighted by Gasteiger charge is 2.02. The second-order valence-corrected chi connectivity index (χ2v) is 3.39. The van der Waals surface area contributed by atoms with Gasteiger partial charge in [-0.1, -0.05) is 30.3 Å². The topological polar surface area (TPSA) is 45.6 Å². The first kappa shape index (κ1) is 9.98. The lowest BCUT2D eigenvalue weighted by Crippen LogP contribution is -2.40. The first-order chi connectivity index (χ1) is 7.45. The Morgan fingerprint density at radius 2 is 2.20 bits per heavy atom. The number of benzene rings is 1. The summed E-state index contributed by atoms with van der Waals surface area (Å²) in [6.45, 7) is 2.37. The molecule has 1 heterocycles. The summed E-state index contributed by atoms with van der Waals surface area (Å²) in [5.74, 6) is 0.734. The average Bonchev–Trinajstić information content (AvgIpc) is 2.32. The molecule has 0 atom stereocenters. The van der Waals surface area contributed by atoms with Crippen LogP contribution in [0.4, 0.5) is 0 Å². The molecule has 0 spiro atoms. The summed E-state index contributed by atoms with van der Waals surface area (Å²) < 4.78 is 0. The molecule has 0 amide bonds. The van der Waals surface area contributed by atoms with Crippen molar-refractivity contribution >= 4 is 5.96 Å². The molecular formula is C11H15N3O. The highest BCUT2D eigenvalue weighted by molar-refractivity contribution is 5.79. The Balaban J connectivity index is 1.73. The Hall–Kier alpha value is -1.55. The van der Waals surface area contributed by atoms with Crippen molar-refractivity contribution in [1.29, 1.82) is 0 Å². The minimum atomic E-state index is 0.543. The number of rotatable bonds is 3. The summed E-state index contributed by atoms with van der Waals surface area (Å²) in [6.07, 6.45) is 1.09. The van der Waals surface area contributed by atoms with Gasteiger partial charge in [-0.3, -0.25) is 9.83 Å². The zero-order chi connectivity index (χ0) is 10.3. The number of nitrogens with one attached hydrogen (secondary N) is 2. The van der Waals surface area contributed by atoms with Gasteiger partial charge in [0.15, 0.2) is 0 Å². The lowest BCUT2D eigenvalue weighted by Gasteiger charge is -2.15. The normalized spacial score (nSPS) is 15.3. The van der Waals surface area contributed by atoms with Crippen LogP contribution in [0.1, 0.15) is 12.0 Å². The minimum absolute atomic E-state index is 0.543. The quantitative estimate of drug-likeness (QED) is 0.725. The van der Waals surface area contributed by atoms with Crippen molar-refractivity contribution in [3.05, 3.63) is 35.9 Å². The Morgan fingerprint density at radius 1 is 1.33 bits per heavy atom. The van der Waals surface area contributed by atoms with Gasteiger partial charge in [-0.15, -0.1) is 0 Å². The zero-order valence-electron chi connectivity index (χ0n) is 8.57. The van der Waals surface area contributed by atoms with E-state index in [-0.39, 0.29) is 0 Å². The third-order valence-electron chi connectivity index (χ3n) is 2.15. The molecule has 0 bridgehead atoms. The lowest BCUT2D eigenvalue weighted by atomic mass is 10.2. The van der Waals surface area contributed by atoms with E-state index in [1.807, 2.05) is 30.3 Å². The fourth-order valence-electron chi connectivity index (χ4n) is 1.36. The predicted molar refractivity (Wildman–Crippen MR) is 59.3 cm³/mol. The molecule has 0 saturated carbocycles. The molecule has 1 aliphatic rings. The number of hydrogen-bond acceptors (Lipinski definition) is 4. The number of nitrogens with zero attached hydrogens (tertiary/aromatic N) is 1. The Morgan fingerprint density at radius 3 is 2.93 bits per heavy atom. The molecule has 0 saturated heterocycles. The largest absolute Gasteiger partial charge is 0.355 e. The van der Waals surface area contributed by atoms with Crippen molar-refractivity contribution in [1.82, 2.24) is 10.8 Å². The lowest BCUT2D eigenvalue weighted by molar-refractivity contribution is 0.0681. The van der Waals surface area contributed by atoms with Gasteiger partial charge in [0, 0.05) is 13.1 Å². The summed E-state index contributed by atoms with van der Waals surface area (Å²) in [4.78, 5) is 9.55. The maximum atomic E-state index is 5.32. The summed E-state index contributed by atoms with van der Waals surface area (Å²) in [5.41, 5.74) is 3.95. The van der Waals surface area contributed by atoms with Gasteiger partial charge in [0.1, 0.15) is 0 Å². The van der Waals surface area contributed by atoms with E-state index in [4.69, 9.17) is 4.84 Å². The molecular weight excluding hydrogens is 190 g/mol. The SMILES string of the molecule is c1ccc(CONC2=NCCCN2)cc1. The molecule has 2 rings (SSSR count). The van der Waals surface area contributed by atoms with Crippen molar-refractivity contribution in [2.75, 3.05) is 13.1 Å². The summed E-state index contributed by atoms with van der Waals surface area (Å²) in [5, 5.41) is 3.12. The standard InChI is InChI=1S/C11H15N3O/c1-2-5-10(6-3-1)9-15-14-11-12-7-4-8-13-11/h1-3,5-6H,4,7-9H2,(H2,12,13,14). The Kier molecular flexibility index (Phi) is 3.57. The van der Waals surface area contributed by atoms with Gasteiger partial charge in [0.25, 0.3) is 0 Å². The second-order valence-electron chi connectivity index (χ2n) is 3.39. The molecule has 4 nitrogen and oxygen atoms in total. The van der Waals surface area contributed by atoms with Crippen LogP contribution in [0.25, 0.3) is 0 Å². The van der Waals surface area contributed by atoms with E-state index < -0.39 is 0 Å². The molecule has 0 unspecified atom stereocenters. The van der Waals surface area contributed by atoms with E-state index >= 15 is 0 Å². The zero-order valence-corrected chi connectivity index (χ0v) is 8.57. The monoisotopic (exact) mass is 205 g/mol. The van der Waals surface area contributed by atoms with Gasteiger partial charge >= 0.3 is 0 Å². The first-order valence-electron chi connectivity index (χ1n) is 5.15. The van der Waals surface area contributed by atoms with Crippen molar-refractivity contribution < 1.29 is 4.84 Å². The fourth-order valence-corrected chi connectivity index (χ4v) is 1.36. The van der Waals surface area contributed by atoms with Crippen LogP contribution in [-0.2, 0) is 11.4 Å². The molecule has 2 N–H and O–H groups in total. The summed E-state index contributed by atoms with van der Waals surface area (Å²) in [6, 6.07) is 10.0. The number of aliphatic imine (C=N–C) groups is 1. The molecule has 4 heteroatoms. The van der Waals surface area contributed by atoms with Gasteiger partial charge in [0.2, 0.25) is 5.96 Å². The molecule has 0 fully saturated rings. The summed E-state index contributed by atoms with van der Waals surface area (Å²) in [7, 11) is 0. The fraction of sp³-hybridized carbons (Fsp3) is 0.364. The van der Waals surface area contributed by atoms with E-state index in [1.54, 1.807) is 0 Å². The van der Waals surface area contributed by atoms with E-state index in [2.05, 4.69) is 15.8 Å². The summed E-state index contributed by atoms with van der Waals surface area (Å²) >= 11 is 0. The third kappa shape index (κ3) is 3.25. The van der Waals surface area contributed by atoms with E-state index in [9.17, 15) is 0 Å². The van der Waals surface area contributed by atoms with Crippen LogP contribution in [0.5, 0.6) is 0 Å². The van der Waals surface area contributed by atoms with Crippen LogP contribution >= 0.6 is 0 Å². The van der Waals surface area contributed by atoms with Gasteiger partial charge < -0.3 is 5.32 Å². The van der Waals surface area contributed by atoms with Crippen molar-refractivity contribution in [2.45, 2.75) is 13.0 Å². The van der Waals surface area contributed by atoms with Crippen molar-refractivity contribution in [3.8, 4) is 0 Å². The van der Waals surface area contributed by atoms with Gasteiger partial charge in [0.05, 0.1) is 6.61 Å². The van der Waals surface area contributed by atoms with Crippen LogP contribution in [0, 0.1) is 0 Å². The maximum absolute atomic E-state index is 5.32. The smallest absolute Gasteiger partial charge is 0.215 e. The number of hydrogen-bond donors (Lipinski definition) is 2. The highest BCUT2D eigenvalue weighted by atomic mass is 16.6. The molecule has 1 aromatic rings. The molecule has 15 heavy (non-hydrogen) atoms. The number of hydroxylamine groups is 1. The third-order valence-corrected chi connectivity index (χ3v) is 2.15. The van der Waals surface area contributed by atoms with Crippen LogP contribution in [0.2, 0.25) is 0 Å². The van der Waals surface area contributed by atoms with E-state index in [0.29, 0.717) is 6.61 Å². The van der Waals surface area contributed by atoms with Crippen molar-refractivity contribution in [3.63, 3.8) is 0 Å². The molecule has 0 aromatic heterocycles. The minimum Gasteiger partial charge on any atom is -0.355 e. The molecule has 0 radical (unpaired) electrons. The molecule has 1 aliphatic heterocycles. The van der Waals surface area contributed by atoms with Gasteiger partial charge in [-0.2, -0.15) is 0 Å². The van der Waals surface area contributed by atoms with Crippen LogP contribution in [0.15, 0.2) is 35.3 Å². The first-order valence-corrected chi connectivity index (χ1v) is 5.15. The number of guanidine groups is 1. The predicted octanol–water partition coefficient (Wildman–Crippen LogP) is 1.06. The Bertz CT molecular complexity index is 324. The van der Waals surface area contributed by atoms with Crippen LogP contribution in [-0.4, -0.2) is 19.0 Å². The second kappa shape index (κ2) is 5.36. The molecule has 1 aromatic carbocycles. The van der Waals surface area contributed by atoms with Crippen LogP contribution < -0.4 is 10.8 Å². The van der Waals surface area contributed by atoms with E-state index in [1.165, 1.54) is 0 Å². The van der Waals surface area contributed by atoms with Gasteiger partial charge in [-0.05, 0) is 12.0 Å². The van der Waals surface area contributed by atoms with Crippen molar-refractivity contribution in [2.24, 2.45) is 4.99 Å². The molecule has 80 valence electrons. The maximum Gasteiger partial charge on any atom is 0.215 e. The van der Waals surface area contributed by atoms with Crippen LogP contribution in [0.3, 0.4) is 0 Å². The van der Waals surface area contributed by atoms with E-state index in [0.717, 1.165) is 31.0 Å².